The second-order valence-electron chi connectivity index (χ2n) is 5.51. The van der Waals surface area contributed by atoms with Gasteiger partial charge in [-0.25, -0.2) is 0 Å². The Balaban J connectivity index is 2.01. The molecule has 1 aromatic rings. The van der Waals surface area contributed by atoms with Crippen molar-refractivity contribution in [1.82, 2.24) is 5.32 Å². The van der Waals surface area contributed by atoms with Crippen LogP contribution in [0.3, 0.4) is 0 Å². The number of hydrogen-bond acceptors (Lipinski definition) is 3. The molecular formula is C14H19BrN2O2. The highest BCUT2D eigenvalue weighted by atomic mass is 79.9. The molecule has 5 heteroatoms. The van der Waals surface area contributed by atoms with Gasteiger partial charge in [-0.2, -0.15) is 0 Å². The molecule has 0 aromatic heterocycles. The third kappa shape index (κ3) is 3.76. The molecular weight excluding hydrogens is 308 g/mol. The van der Waals surface area contributed by atoms with Crippen LogP contribution in [0.4, 0.5) is 5.69 Å². The lowest BCUT2D eigenvalue weighted by atomic mass is 9.83. The lowest BCUT2D eigenvalue weighted by Crippen LogP contribution is -2.43. The highest BCUT2D eigenvalue weighted by Crippen LogP contribution is 2.29. The Labute approximate surface area is 121 Å². The minimum absolute atomic E-state index is 0.125. The molecule has 0 bridgehead atoms. The first-order valence-electron chi connectivity index (χ1n) is 6.68. The summed E-state index contributed by atoms with van der Waals surface area (Å²) in [6.45, 7) is 3.01. The van der Waals surface area contributed by atoms with Gasteiger partial charge in [0.15, 0.2) is 0 Å². The summed E-state index contributed by atoms with van der Waals surface area (Å²) >= 11 is 3.41. The van der Waals surface area contributed by atoms with Crippen LogP contribution in [-0.2, 0) is 6.54 Å². The van der Waals surface area contributed by atoms with Gasteiger partial charge in [0.25, 0.3) is 5.69 Å². The molecule has 0 spiro atoms. The molecule has 1 aromatic carbocycles. The van der Waals surface area contributed by atoms with E-state index in [-0.39, 0.29) is 16.1 Å². The molecule has 0 aliphatic heterocycles. The van der Waals surface area contributed by atoms with Crippen LogP contribution in [0.25, 0.3) is 0 Å². The fraction of sp³-hybridized carbons (Fsp3) is 0.571. The van der Waals surface area contributed by atoms with E-state index in [1.165, 1.54) is 32.1 Å². The molecule has 2 rings (SSSR count). The van der Waals surface area contributed by atoms with Crippen LogP contribution in [0.2, 0.25) is 0 Å². The summed E-state index contributed by atoms with van der Waals surface area (Å²) in [5.41, 5.74) is 1.40. The molecule has 0 saturated heterocycles. The number of nitrogens with one attached hydrogen (secondary N) is 1. The zero-order valence-corrected chi connectivity index (χ0v) is 12.7. The van der Waals surface area contributed by atoms with Gasteiger partial charge in [0.05, 0.1) is 4.92 Å². The lowest BCUT2D eigenvalue weighted by Gasteiger charge is -2.35. The Kier molecular flexibility index (Phi) is 4.58. The van der Waals surface area contributed by atoms with E-state index in [4.69, 9.17) is 0 Å². The molecule has 0 radical (unpaired) electrons. The van der Waals surface area contributed by atoms with Crippen molar-refractivity contribution in [3.63, 3.8) is 0 Å². The first kappa shape index (κ1) is 14.5. The molecule has 1 aliphatic rings. The largest absolute Gasteiger partial charge is 0.307 e. The van der Waals surface area contributed by atoms with Gasteiger partial charge in [-0.1, -0.05) is 35.2 Å². The standard InChI is InChI=1S/C14H19BrN2O2/c1-14(7-3-2-4-8-14)16-10-11-5-6-12(17(18)19)9-13(11)15/h5-6,9,16H,2-4,7-8,10H2,1H3. The van der Waals surface area contributed by atoms with E-state index in [0.29, 0.717) is 0 Å². The average Bonchev–Trinajstić information content (AvgIpc) is 2.38. The molecule has 104 valence electrons. The summed E-state index contributed by atoms with van der Waals surface area (Å²) in [5.74, 6) is 0. The Hall–Kier alpha value is -0.940. The number of nitro benzene ring substituents is 1. The summed E-state index contributed by atoms with van der Waals surface area (Å²) in [6.07, 6.45) is 6.31. The monoisotopic (exact) mass is 326 g/mol. The molecule has 0 atom stereocenters. The van der Waals surface area contributed by atoms with E-state index in [0.717, 1.165) is 16.6 Å². The molecule has 0 heterocycles. The maximum Gasteiger partial charge on any atom is 0.270 e. The zero-order chi connectivity index (χ0) is 13.9. The maximum atomic E-state index is 10.7. The first-order valence-corrected chi connectivity index (χ1v) is 7.47. The molecule has 19 heavy (non-hydrogen) atoms. The third-order valence-electron chi connectivity index (χ3n) is 3.91. The molecule has 1 aliphatic carbocycles. The number of nitro groups is 1. The van der Waals surface area contributed by atoms with Gasteiger partial charge in [0.1, 0.15) is 0 Å². The van der Waals surface area contributed by atoms with E-state index < -0.39 is 0 Å². The second kappa shape index (κ2) is 6.01. The predicted octanol–water partition coefficient (Wildman–Crippen LogP) is 4.17. The molecule has 1 fully saturated rings. The van der Waals surface area contributed by atoms with Crippen molar-refractivity contribution in [2.45, 2.75) is 51.1 Å². The number of benzene rings is 1. The topological polar surface area (TPSA) is 55.2 Å². The Morgan fingerprint density at radius 3 is 2.63 bits per heavy atom. The number of rotatable bonds is 4. The van der Waals surface area contributed by atoms with E-state index >= 15 is 0 Å². The van der Waals surface area contributed by atoms with Crippen LogP contribution in [0.1, 0.15) is 44.6 Å². The lowest BCUT2D eigenvalue weighted by molar-refractivity contribution is -0.384. The fourth-order valence-electron chi connectivity index (χ4n) is 2.61. The third-order valence-corrected chi connectivity index (χ3v) is 4.65. The van der Waals surface area contributed by atoms with Gasteiger partial charge < -0.3 is 5.32 Å². The quantitative estimate of drug-likeness (QED) is 0.667. The minimum atomic E-state index is -0.371. The first-order chi connectivity index (χ1) is 9.00. The van der Waals surface area contributed by atoms with Gasteiger partial charge in [0, 0.05) is 28.7 Å². The van der Waals surface area contributed by atoms with Crippen molar-refractivity contribution in [1.29, 1.82) is 0 Å². The van der Waals surface area contributed by atoms with E-state index in [9.17, 15) is 10.1 Å². The highest BCUT2D eigenvalue weighted by molar-refractivity contribution is 9.10. The Morgan fingerprint density at radius 1 is 1.37 bits per heavy atom. The van der Waals surface area contributed by atoms with Crippen molar-refractivity contribution < 1.29 is 4.92 Å². The smallest absolute Gasteiger partial charge is 0.270 e. The summed E-state index contributed by atoms with van der Waals surface area (Å²) < 4.78 is 0.800. The molecule has 4 nitrogen and oxygen atoms in total. The SMILES string of the molecule is CC1(NCc2ccc([N+](=O)[O-])cc2Br)CCCCC1. The van der Waals surface area contributed by atoms with Crippen molar-refractivity contribution in [3.8, 4) is 0 Å². The van der Waals surface area contributed by atoms with Gasteiger partial charge in [-0.3, -0.25) is 10.1 Å². The molecule has 1 saturated carbocycles. The van der Waals surface area contributed by atoms with Crippen molar-refractivity contribution in [2.24, 2.45) is 0 Å². The van der Waals surface area contributed by atoms with Crippen LogP contribution in [0.5, 0.6) is 0 Å². The zero-order valence-electron chi connectivity index (χ0n) is 11.1. The van der Waals surface area contributed by atoms with Gasteiger partial charge >= 0.3 is 0 Å². The normalized spacial score (nSPS) is 18.2. The van der Waals surface area contributed by atoms with Crippen LogP contribution in [0.15, 0.2) is 22.7 Å². The molecule has 0 amide bonds. The molecule has 1 N–H and O–H groups in total. The van der Waals surface area contributed by atoms with Crippen molar-refractivity contribution >= 4 is 21.6 Å². The van der Waals surface area contributed by atoms with Crippen LogP contribution in [0, 0.1) is 10.1 Å². The van der Waals surface area contributed by atoms with Crippen molar-refractivity contribution in [2.75, 3.05) is 0 Å². The number of halogens is 1. The average molecular weight is 327 g/mol. The van der Waals surface area contributed by atoms with Gasteiger partial charge in [-0.15, -0.1) is 0 Å². The van der Waals surface area contributed by atoms with Gasteiger partial charge in [0.2, 0.25) is 0 Å². The summed E-state index contributed by atoms with van der Waals surface area (Å²) in [7, 11) is 0. The van der Waals surface area contributed by atoms with Crippen LogP contribution in [-0.4, -0.2) is 10.5 Å². The maximum absolute atomic E-state index is 10.7. The molecule has 0 unspecified atom stereocenters. The Morgan fingerprint density at radius 2 is 2.05 bits per heavy atom. The number of hydrogen-bond donors (Lipinski definition) is 1. The second-order valence-corrected chi connectivity index (χ2v) is 6.36. The predicted molar refractivity (Wildman–Crippen MR) is 79.1 cm³/mol. The van der Waals surface area contributed by atoms with Crippen molar-refractivity contribution in [3.05, 3.63) is 38.3 Å². The van der Waals surface area contributed by atoms with E-state index in [1.54, 1.807) is 12.1 Å². The summed E-state index contributed by atoms with van der Waals surface area (Å²) in [5, 5.41) is 14.3. The van der Waals surface area contributed by atoms with Crippen LogP contribution >= 0.6 is 15.9 Å². The summed E-state index contributed by atoms with van der Waals surface area (Å²) in [4.78, 5) is 10.3. The number of nitrogens with zero attached hydrogens (tertiary/aromatic N) is 1. The van der Waals surface area contributed by atoms with E-state index in [2.05, 4.69) is 28.2 Å². The summed E-state index contributed by atoms with van der Waals surface area (Å²) in [6, 6.07) is 4.95. The Bertz CT molecular complexity index is 471. The van der Waals surface area contributed by atoms with Gasteiger partial charge in [-0.05, 0) is 31.4 Å². The van der Waals surface area contributed by atoms with Crippen LogP contribution < -0.4 is 5.32 Å². The van der Waals surface area contributed by atoms with E-state index in [1.807, 2.05) is 6.07 Å². The minimum Gasteiger partial charge on any atom is -0.307 e. The fourth-order valence-corrected chi connectivity index (χ4v) is 3.12. The highest BCUT2D eigenvalue weighted by Gasteiger charge is 2.26. The number of non-ortho nitro benzene ring substituents is 1.